The molecular formula is C9H9N3O2. The van der Waals surface area contributed by atoms with E-state index >= 15 is 0 Å². The molecule has 2 N–H and O–H groups in total. The van der Waals surface area contributed by atoms with E-state index in [1.54, 1.807) is 18.3 Å². The Kier molecular flexibility index (Phi) is 1.85. The van der Waals surface area contributed by atoms with Crippen molar-refractivity contribution in [2.45, 2.75) is 0 Å². The number of nitrogens with zero attached hydrogens (tertiary/aromatic N) is 2. The van der Waals surface area contributed by atoms with E-state index in [-0.39, 0.29) is 11.4 Å². The average molecular weight is 191 g/mol. The lowest BCUT2D eigenvalue weighted by molar-refractivity contribution is 0.412. The summed E-state index contributed by atoms with van der Waals surface area (Å²) in [4.78, 5) is 15.5. The number of hydrogen-bond donors (Lipinski definition) is 1. The lowest BCUT2D eigenvalue weighted by atomic mass is 10.4. The minimum atomic E-state index is -0.216. The van der Waals surface area contributed by atoms with Crippen LogP contribution in [-0.4, -0.2) is 16.5 Å². The smallest absolute Gasteiger partial charge is 0.260 e. The van der Waals surface area contributed by atoms with Crippen LogP contribution < -0.4 is 16.0 Å². The van der Waals surface area contributed by atoms with Gasteiger partial charge in [0.2, 0.25) is 0 Å². The molecule has 0 saturated heterocycles. The molecule has 0 bridgehead atoms. The van der Waals surface area contributed by atoms with E-state index in [1.165, 1.54) is 17.6 Å². The molecule has 0 saturated carbocycles. The third-order valence-corrected chi connectivity index (χ3v) is 1.89. The summed E-state index contributed by atoms with van der Waals surface area (Å²) in [6, 6.07) is 4.67. The lowest BCUT2D eigenvalue weighted by Gasteiger charge is -2.03. The number of hydrogen-bond acceptors (Lipinski definition) is 4. The van der Waals surface area contributed by atoms with Crippen LogP contribution in [0.15, 0.2) is 29.2 Å². The van der Waals surface area contributed by atoms with Crippen LogP contribution in [0.2, 0.25) is 0 Å². The summed E-state index contributed by atoms with van der Waals surface area (Å²) in [7, 11) is 1.54. The van der Waals surface area contributed by atoms with E-state index in [1.807, 2.05) is 0 Å². The summed E-state index contributed by atoms with van der Waals surface area (Å²) < 4.78 is 6.37. The van der Waals surface area contributed by atoms with Gasteiger partial charge in [0.05, 0.1) is 13.3 Å². The first kappa shape index (κ1) is 8.55. The molecule has 2 aromatic rings. The maximum absolute atomic E-state index is 11.5. The third kappa shape index (κ3) is 1.28. The molecular weight excluding hydrogens is 182 g/mol. The summed E-state index contributed by atoms with van der Waals surface area (Å²) in [6.07, 6.45) is 1.57. The van der Waals surface area contributed by atoms with Gasteiger partial charge in [0.15, 0.2) is 0 Å². The van der Waals surface area contributed by atoms with Crippen molar-refractivity contribution in [1.82, 2.24) is 9.38 Å². The van der Waals surface area contributed by atoms with Gasteiger partial charge in [-0.05, 0) is 12.1 Å². The van der Waals surface area contributed by atoms with Crippen LogP contribution in [-0.2, 0) is 0 Å². The Labute approximate surface area is 79.8 Å². The van der Waals surface area contributed by atoms with E-state index in [0.717, 1.165) is 0 Å². The molecule has 0 fully saturated rings. The van der Waals surface area contributed by atoms with Crippen molar-refractivity contribution in [2.75, 3.05) is 12.8 Å². The fraction of sp³-hybridized carbons (Fsp3) is 0.111. The van der Waals surface area contributed by atoms with Crippen molar-refractivity contribution in [2.24, 2.45) is 0 Å². The molecule has 2 aromatic heterocycles. The summed E-state index contributed by atoms with van der Waals surface area (Å²) in [5.74, 6) is 0.825. The average Bonchev–Trinajstić information content (AvgIpc) is 2.17. The van der Waals surface area contributed by atoms with Crippen LogP contribution in [0.5, 0.6) is 5.75 Å². The van der Waals surface area contributed by atoms with Gasteiger partial charge in [-0.25, -0.2) is 4.98 Å². The first-order chi connectivity index (χ1) is 6.70. The molecule has 0 unspecified atom stereocenters. The number of fused-ring (bicyclic) bond motifs is 1. The summed E-state index contributed by atoms with van der Waals surface area (Å²) >= 11 is 0. The van der Waals surface area contributed by atoms with Gasteiger partial charge in [0, 0.05) is 6.07 Å². The van der Waals surface area contributed by atoms with Gasteiger partial charge in [0.1, 0.15) is 17.2 Å². The fourth-order valence-electron chi connectivity index (χ4n) is 1.22. The number of methoxy groups -OCH3 is 1. The van der Waals surface area contributed by atoms with E-state index < -0.39 is 0 Å². The van der Waals surface area contributed by atoms with Gasteiger partial charge in [-0.15, -0.1) is 0 Å². The van der Waals surface area contributed by atoms with E-state index in [9.17, 15) is 4.79 Å². The zero-order valence-electron chi connectivity index (χ0n) is 7.60. The molecule has 5 nitrogen and oxygen atoms in total. The second kappa shape index (κ2) is 3.02. The highest BCUT2D eigenvalue weighted by molar-refractivity contribution is 5.46. The van der Waals surface area contributed by atoms with Crippen LogP contribution >= 0.6 is 0 Å². The van der Waals surface area contributed by atoms with Crippen molar-refractivity contribution in [3.63, 3.8) is 0 Å². The Hall–Kier alpha value is -2.04. The Morgan fingerprint density at radius 3 is 3.00 bits per heavy atom. The van der Waals surface area contributed by atoms with E-state index in [2.05, 4.69) is 4.98 Å². The summed E-state index contributed by atoms with van der Waals surface area (Å²) in [5.41, 5.74) is 5.73. The molecule has 0 spiro atoms. The van der Waals surface area contributed by atoms with Gasteiger partial charge in [-0.2, -0.15) is 0 Å². The van der Waals surface area contributed by atoms with Gasteiger partial charge in [-0.3, -0.25) is 9.20 Å². The van der Waals surface area contributed by atoms with Crippen molar-refractivity contribution in [3.8, 4) is 5.75 Å². The van der Waals surface area contributed by atoms with Crippen molar-refractivity contribution < 1.29 is 4.74 Å². The third-order valence-electron chi connectivity index (χ3n) is 1.89. The number of nitrogens with two attached hydrogens (primary N) is 1. The molecule has 0 aliphatic rings. The largest absolute Gasteiger partial charge is 0.495 e. The Morgan fingerprint density at radius 1 is 1.50 bits per heavy atom. The molecule has 0 amide bonds. The zero-order chi connectivity index (χ0) is 10.1. The van der Waals surface area contributed by atoms with Crippen LogP contribution in [0.1, 0.15) is 0 Å². The van der Waals surface area contributed by atoms with E-state index in [0.29, 0.717) is 11.4 Å². The van der Waals surface area contributed by atoms with Crippen LogP contribution in [0.3, 0.4) is 0 Å². The highest BCUT2D eigenvalue weighted by Crippen LogP contribution is 2.09. The van der Waals surface area contributed by atoms with Gasteiger partial charge >= 0.3 is 0 Å². The van der Waals surface area contributed by atoms with Gasteiger partial charge in [0.25, 0.3) is 5.56 Å². The molecule has 0 atom stereocenters. The van der Waals surface area contributed by atoms with Crippen LogP contribution in [0, 0.1) is 0 Å². The van der Waals surface area contributed by atoms with Crippen LogP contribution in [0.25, 0.3) is 5.65 Å². The summed E-state index contributed by atoms with van der Waals surface area (Å²) in [6.45, 7) is 0. The maximum Gasteiger partial charge on any atom is 0.260 e. The minimum Gasteiger partial charge on any atom is -0.495 e. The lowest BCUT2D eigenvalue weighted by Crippen LogP contribution is -2.14. The normalized spacial score (nSPS) is 10.4. The van der Waals surface area contributed by atoms with Crippen LogP contribution in [0.4, 0.5) is 5.82 Å². The molecule has 2 heterocycles. The minimum absolute atomic E-state index is 0.216. The molecule has 0 aromatic carbocycles. The molecule has 0 radical (unpaired) electrons. The highest BCUT2D eigenvalue weighted by atomic mass is 16.5. The predicted octanol–water partition coefficient (Wildman–Crippen LogP) is 0.285. The fourth-order valence-corrected chi connectivity index (χ4v) is 1.22. The number of aromatic nitrogens is 2. The number of nitrogen functional groups attached to an aromatic ring is 1. The number of rotatable bonds is 1. The van der Waals surface area contributed by atoms with Gasteiger partial charge in [-0.1, -0.05) is 0 Å². The van der Waals surface area contributed by atoms with Gasteiger partial charge < -0.3 is 10.5 Å². The Morgan fingerprint density at radius 2 is 2.29 bits per heavy atom. The summed E-state index contributed by atoms with van der Waals surface area (Å²) in [5, 5.41) is 0. The number of pyridine rings is 1. The molecule has 2 rings (SSSR count). The van der Waals surface area contributed by atoms with Crippen molar-refractivity contribution in [3.05, 3.63) is 34.7 Å². The molecule has 5 heteroatoms. The van der Waals surface area contributed by atoms with Crippen molar-refractivity contribution >= 4 is 11.5 Å². The highest BCUT2D eigenvalue weighted by Gasteiger charge is 2.00. The monoisotopic (exact) mass is 191 g/mol. The molecule has 14 heavy (non-hydrogen) atoms. The first-order valence-corrected chi connectivity index (χ1v) is 4.03. The predicted molar refractivity (Wildman–Crippen MR) is 52.4 cm³/mol. The Balaban J connectivity index is 2.82. The Bertz CT molecular complexity index is 533. The molecule has 0 aliphatic heterocycles. The topological polar surface area (TPSA) is 69.6 Å². The number of ether oxygens (including phenoxy) is 1. The van der Waals surface area contributed by atoms with Crippen molar-refractivity contribution in [1.29, 1.82) is 0 Å². The molecule has 0 aliphatic carbocycles. The number of anilines is 1. The first-order valence-electron chi connectivity index (χ1n) is 4.03. The quantitative estimate of drug-likeness (QED) is 0.703. The zero-order valence-corrected chi connectivity index (χ0v) is 7.60. The standard InChI is InChI=1S/C9H9N3O2/c1-14-6-2-3-8-11-7(10)4-9(13)12(8)5-6/h2-5H,10H2,1H3. The maximum atomic E-state index is 11.5. The second-order valence-electron chi connectivity index (χ2n) is 2.82. The SMILES string of the molecule is COc1ccc2nc(N)cc(=O)n2c1. The molecule has 72 valence electrons. The van der Waals surface area contributed by atoms with E-state index in [4.69, 9.17) is 10.5 Å². The second-order valence-corrected chi connectivity index (χ2v) is 2.82.